The Balaban J connectivity index is 2.53. The summed E-state index contributed by atoms with van der Waals surface area (Å²) in [4.78, 5) is 11.8. The lowest BCUT2D eigenvalue weighted by Crippen LogP contribution is -2.39. The number of aliphatic hydroxyl groups is 1. The molecular weight excluding hydrogens is 214 g/mol. The summed E-state index contributed by atoms with van der Waals surface area (Å²) >= 11 is 0. The third-order valence-electron chi connectivity index (χ3n) is 3.14. The first-order chi connectivity index (χ1) is 8.04. The molecule has 0 bridgehead atoms. The maximum Gasteiger partial charge on any atom is 0.224 e. The average molecular weight is 235 g/mol. The number of benzene rings is 1. The van der Waals surface area contributed by atoms with Gasteiger partial charge in [-0.25, -0.2) is 0 Å². The molecule has 2 N–H and O–H groups in total. The van der Waals surface area contributed by atoms with Crippen molar-refractivity contribution in [1.29, 1.82) is 0 Å². The highest BCUT2D eigenvalue weighted by Crippen LogP contribution is 2.08. The summed E-state index contributed by atoms with van der Waals surface area (Å²) in [5, 5.41) is 11.9. The van der Waals surface area contributed by atoms with E-state index in [1.54, 1.807) is 0 Å². The van der Waals surface area contributed by atoms with Gasteiger partial charge in [-0.15, -0.1) is 0 Å². The van der Waals surface area contributed by atoms with Crippen LogP contribution in [0.3, 0.4) is 0 Å². The van der Waals surface area contributed by atoms with Crippen LogP contribution in [0.2, 0.25) is 0 Å². The molecule has 0 saturated carbocycles. The summed E-state index contributed by atoms with van der Waals surface area (Å²) in [6.45, 7) is 5.92. The summed E-state index contributed by atoms with van der Waals surface area (Å²) < 4.78 is 0. The van der Waals surface area contributed by atoms with E-state index in [-0.39, 0.29) is 24.5 Å². The molecule has 0 aliphatic heterocycles. The molecule has 0 saturated heterocycles. The zero-order valence-electron chi connectivity index (χ0n) is 10.7. The number of carbonyl (C=O) groups excluding carboxylic acids is 1. The second kappa shape index (κ2) is 6.40. The second-order valence-electron chi connectivity index (χ2n) is 4.62. The standard InChI is InChI=1S/C14H21NO2/c1-10-6-4-5-7-13(10)8-14(17)15-12(3)11(2)9-16/h4-7,11-12,16H,8-9H2,1-3H3,(H,15,17). The van der Waals surface area contributed by atoms with Gasteiger partial charge in [-0.2, -0.15) is 0 Å². The van der Waals surface area contributed by atoms with Crippen molar-refractivity contribution in [2.75, 3.05) is 6.61 Å². The van der Waals surface area contributed by atoms with Crippen molar-refractivity contribution in [2.24, 2.45) is 5.92 Å². The Morgan fingerprint density at radius 1 is 1.35 bits per heavy atom. The number of aliphatic hydroxyl groups excluding tert-OH is 1. The first kappa shape index (κ1) is 13.7. The van der Waals surface area contributed by atoms with Crippen molar-refractivity contribution in [3.05, 3.63) is 35.4 Å². The first-order valence-electron chi connectivity index (χ1n) is 5.99. The second-order valence-corrected chi connectivity index (χ2v) is 4.62. The molecule has 1 aromatic rings. The highest BCUT2D eigenvalue weighted by Gasteiger charge is 2.14. The van der Waals surface area contributed by atoms with Crippen LogP contribution in [-0.4, -0.2) is 23.7 Å². The molecule has 2 unspecified atom stereocenters. The lowest BCUT2D eigenvalue weighted by Gasteiger charge is -2.19. The van der Waals surface area contributed by atoms with Gasteiger partial charge in [-0.3, -0.25) is 4.79 Å². The summed E-state index contributed by atoms with van der Waals surface area (Å²) in [6, 6.07) is 7.87. The number of hydrogen-bond acceptors (Lipinski definition) is 2. The Bertz CT molecular complexity index is 376. The fraction of sp³-hybridized carbons (Fsp3) is 0.500. The third-order valence-corrected chi connectivity index (χ3v) is 3.14. The number of rotatable bonds is 5. The van der Waals surface area contributed by atoms with Crippen molar-refractivity contribution in [3.63, 3.8) is 0 Å². The van der Waals surface area contributed by atoms with E-state index in [2.05, 4.69) is 5.32 Å². The van der Waals surface area contributed by atoms with Crippen molar-refractivity contribution >= 4 is 5.91 Å². The monoisotopic (exact) mass is 235 g/mol. The molecule has 1 aromatic carbocycles. The van der Waals surface area contributed by atoms with Crippen LogP contribution >= 0.6 is 0 Å². The smallest absolute Gasteiger partial charge is 0.224 e. The maximum atomic E-state index is 11.8. The first-order valence-corrected chi connectivity index (χ1v) is 5.99. The van der Waals surface area contributed by atoms with Gasteiger partial charge in [-0.1, -0.05) is 31.2 Å². The molecular formula is C14H21NO2. The number of amides is 1. The van der Waals surface area contributed by atoms with E-state index in [1.165, 1.54) is 0 Å². The minimum absolute atomic E-state index is 0.00322. The van der Waals surface area contributed by atoms with Gasteiger partial charge < -0.3 is 10.4 Å². The average Bonchev–Trinajstić information content (AvgIpc) is 2.31. The largest absolute Gasteiger partial charge is 0.396 e. The lowest BCUT2D eigenvalue weighted by atomic mass is 10.0. The van der Waals surface area contributed by atoms with Crippen LogP contribution in [0.4, 0.5) is 0 Å². The summed E-state index contributed by atoms with van der Waals surface area (Å²) in [7, 11) is 0. The van der Waals surface area contributed by atoms with E-state index in [0.29, 0.717) is 6.42 Å². The molecule has 0 heterocycles. The maximum absolute atomic E-state index is 11.8. The lowest BCUT2D eigenvalue weighted by molar-refractivity contribution is -0.121. The number of carbonyl (C=O) groups is 1. The molecule has 3 nitrogen and oxygen atoms in total. The SMILES string of the molecule is Cc1ccccc1CC(=O)NC(C)C(C)CO. The molecule has 0 aromatic heterocycles. The number of hydrogen-bond donors (Lipinski definition) is 2. The number of aryl methyl sites for hydroxylation is 1. The van der Waals surface area contributed by atoms with Gasteiger partial charge >= 0.3 is 0 Å². The molecule has 94 valence electrons. The summed E-state index contributed by atoms with van der Waals surface area (Å²) in [5.41, 5.74) is 2.18. The zero-order valence-corrected chi connectivity index (χ0v) is 10.7. The molecule has 1 rings (SSSR count). The van der Waals surface area contributed by atoms with Gasteiger partial charge in [0.05, 0.1) is 6.42 Å². The van der Waals surface area contributed by atoms with Crippen molar-refractivity contribution in [3.8, 4) is 0 Å². The van der Waals surface area contributed by atoms with Crippen LogP contribution < -0.4 is 5.32 Å². The molecule has 0 spiro atoms. The van der Waals surface area contributed by atoms with Gasteiger partial charge in [0, 0.05) is 12.6 Å². The normalized spacial score (nSPS) is 14.1. The molecule has 0 radical (unpaired) electrons. The predicted octanol–water partition coefficient (Wildman–Crippen LogP) is 1.67. The highest BCUT2D eigenvalue weighted by molar-refractivity contribution is 5.79. The summed E-state index contributed by atoms with van der Waals surface area (Å²) in [5.74, 6) is 0.0860. The molecule has 0 aliphatic carbocycles. The molecule has 3 heteroatoms. The van der Waals surface area contributed by atoms with E-state index in [0.717, 1.165) is 11.1 Å². The van der Waals surface area contributed by atoms with Crippen LogP contribution in [0, 0.1) is 12.8 Å². The van der Waals surface area contributed by atoms with Gasteiger partial charge in [0.15, 0.2) is 0 Å². The molecule has 2 atom stereocenters. The third kappa shape index (κ3) is 4.19. The fourth-order valence-corrected chi connectivity index (χ4v) is 1.59. The number of nitrogens with one attached hydrogen (secondary N) is 1. The van der Waals surface area contributed by atoms with Gasteiger partial charge in [0.2, 0.25) is 5.91 Å². The Morgan fingerprint density at radius 2 is 2.00 bits per heavy atom. The van der Waals surface area contributed by atoms with E-state index in [9.17, 15) is 4.79 Å². The quantitative estimate of drug-likeness (QED) is 0.815. The van der Waals surface area contributed by atoms with Crippen molar-refractivity contribution in [2.45, 2.75) is 33.2 Å². The Kier molecular flexibility index (Phi) is 5.16. The minimum atomic E-state index is -0.00322. The predicted molar refractivity (Wildman–Crippen MR) is 68.7 cm³/mol. The fourth-order valence-electron chi connectivity index (χ4n) is 1.59. The Hall–Kier alpha value is -1.35. The van der Waals surface area contributed by atoms with Gasteiger partial charge in [0.1, 0.15) is 0 Å². The molecule has 0 aliphatic rings. The molecule has 0 fully saturated rings. The van der Waals surface area contributed by atoms with Crippen molar-refractivity contribution in [1.82, 2.24) is 5.32 Å². The Morgan fingerprint density at radius 3 is 2.59 bits per heavy atom. The topological polar surface area (TPSA) is 49.3 Å². The van der Waals surface area contributed by atoms with Crippen LogP contribution in [0.15, 0.2) is 24.3 Å². The molecule has 17 heavy (non-hydrogen) atoms. The van der Waals surface area contributed by atoms with E-state index >= 15 is 0 Å². The van der Waals surface area contributed by atoms with Crippen LogP contribution in [-0.2, 0) is 11.2 Å². The van der Waals surface area contributed by atoms with Crippen LogP contribution in [0.5, 0.6) is 0 Å². The zero-order chi connectivity index (χ0) is 12.8. The van der Waals surface area contributed by atoms with Crippen molar-refractivity contribution < 1.29 is 9.90 Å². The van der Waals surface area contributed by atoms with Crippen LogP contribution in [0.1, 0.15) is 25.0 Å². The van der Waals surface area contributed by atoms with Gasteiger partial charge in [0.25, 0.3) is 0 Å². The molecule has 1 amide bonds. The van der Waals surface area contributed by atoms with E-state index in [4.69, 9.17) is 5.11 Å². The van der Waals surface area contributed by atoms with E-state index in [1.807, 2.05) is 45.0 Å². The summed E-state index contributed by atoms with van der Waals surface area (Å²) in [6.07, 6.45) is 0.398. The highest BCUT2D eigenvalue weighted by atomic mass is 16.3. The van der Waals surface area contributed by atoms with Crippen LogP contribution in [0.25, 0.3) is 0 Å². The van der Waals surface area contributed by atoms with Gasteiger partial charge in [-0.05, 0) is 30.9 Å². The minimum Gasteiger partial charge on any atom is -0.396 e. The van der Waals surface area contributed by atoms with E-state index < -0.39 is 0 Å². The Labute approximate surface area is 103 Å².